The lowest BCUT2D eigenvalue weighted by atomic mass is 9.97. The van der Waals surface area contributed by atoms with Crippen LogP contribution in [0.25, 0.3) is 0 Å². The fourth-order valence-corrected chi connectivity index (χ4v) is 1.77. The minimum absolute atomic E-state index is 0.321. The molecule has 1 aliphatic rings. The molecule has 4 heteroatoms. The van der Waals surface area contributed by atoms with Gasteiger partial charge in [0.2, 0.25) is 0 Å². The van der Waals surface area contributed by atoms with Crippen LogP contribution in [0.2, 0.25) is 0 Å². The summed E-state index contributed by atoms with van der Waals surface area (Å²) in [6.07, 6.45) is 0.955. The molecule has 0 spiro atoms. The number of nitrogens with one attached hydrogen (secondary N) is 1. The molecule has 1 fully saturated rings. The van der Waals surface area contributed by atoms with Crippen LogP contribution >= 0.6 is 0 Å². The third kappa shape index (κ3) is 3.63. The van der Waals surface area contributed by atoms with Crippen molar-refractivity contribution in [2.24, 2.45) is 10.9 Å². The standard InChI is InChI=1S/C11H22N4/c1-9-7-10(8-15(4)11(9)12)13-5-6-14(2)3/h9,12H,5-8H2,1-4H3. The molecule has 1 unspecified atom stereocenters. The second-order valence-corrected chi connectivity index (χ2v) is 4.60. The highest BCUT2D eigenvalue weighted by atomic mass is 15.2. The van der Waals surface area contributed by atoms with Crippen LogP contribution in [0.1, 0.15) is 13.3 Å². The molecule has 1 N–H and O–H groups in total. The Labute approximate surface area is 92.5 Å². The van der Waals surface area contributed by atoms with Crippen molar-refractivity contribution in [2.75, 3.05) is 40.8 Å². The lowest BCUT2D eigenvalue weighted by molar-refractivity contribution is 0.419. The van der Waals surface area contributed by atoms with Crippen LogP contribution in [0.5, 0.6) is 0 Å². The number of piperidine rings is 1. The van der Waals surface area contributed by atoms with Crippen molar-refractivity contribution >= 4 is 11.5 Å². The van der Waals surface area contributed by atoms with E-state index in [9.17, 15) is 0 Å². The monoisotopic (exact) mass is 210 g/mol. The second-order valence-electron chi connectivity index (χ2n) is 4.60. The van der Waals surface area contributed by atoms with Crippen LogP contribution in [-0.4, -0.2) is 62.1 Å². The highest BCUT2D eigenvalue weighted by Gasteiger charge is 2.22. The summed E-state index contributed by atoms with van der Waals surface area (Å²) in [4.78, 5) is 8.72. The molecular weight excluding hydrogens is 188 g/mol. The largest absolute Gasteiger partial charge is 0.358 e. The number of hydrogen-bond donors (Lipinski definition) is 1. The maximum Gasteiger partial charge on any atom is 0.0991 e. The highest BCUT2D eigenvalue weighted by molar-refractivity contribution is 5.98. The third-order valence-corrected chi connectivity index (χ3v) is 2.72. The summed E-state index contributed by atoms with van der Waals surface area (Å²) in [5, 5.41) is 7.80. The van der Waals surface area contributed by atoms with Crippen molar-refractivity contribution in [3.05, 3.63) is 0 Å². The van der Waals surface area contributed by atoms with E-state index in [2.05, 4.69) is 30.9 Å². The lowest BCUT2D eigenvalue weighted by Gasteiger charge is -2.31. The SMILES string of the molecule is CC1CC(=NCCN(C)C)CN(C)C1=N. The van der Waals surface area contributed by atoms with Gasteiger partial charge in [0.15, 0.2) is 0 Å². The lowest BCUT2D eigenvalue weighted by Crippen LogP contribution is -2.42. The molecule has 0 aromatic rings. The Kier molecular flexibility index (Phi) is 4.27. The van der Waals surface area contributed by atoms with Crippen molar-refractivity contribution in [3.8, 4) is 0 Å². The molecular formula is C11H22N4. The predicted octanol–water partition coefficient (Wildman–Crippen LogP) is 0.938. The van der Waals surface area contributed by atoms with Gasteiger partial charge in [0, 0.05) is 25.2 Å². The van der Waals surface area contributed by atoms with Crippen molar-refractivity contribution in [1.82, 2.24) is 9.80 Å². The maximum atomic E-state index is 7.80. The number of hydrogen-bond acceptors (Lipinski definition) is 3. The van der Waals surface area contributed by atoms with Gasteiger partial charge in [0.05, 0.1) is 18.9 Å². The van der Waals surface area contributed by atoms with Crippen LogP contribution in [0.15, 0.2) is 4.99 Å². The smallest absolute Gasteiger partial charge is 0.0991 e. The van der Waals surface area contributed by atoms with Gasteiger partial charge in [0.25, 0.3) is 0 Å². The predicted molar refractivity (Wildman–Crippen MR) is 65.0 cm³/mol. The Morgan fingerprint density at radius 1 is 1.53 bits per heavy atom. The molecule has 15 heavy (non-hydrogen) atoms. The molecule has 1 rings (SSSR count). The van der Waals surface area contributed by atoms with E-state index in [0.717, 1.165) is 31.9 Å². The summed E-state index contributed by atoms with van der Waals surface area (Å²) in [6.45, 7) is 4.80. The first-order valence-corrected chi connectivity index (χ1v) is 5.47. The molecule has 1 atom stereocenters. The molecule has 1 saturated heterocycles. The summed E-state index contributed by atoms with van der Waals surface area (Å²) < 4.78 is 0. The van der Waals surface area contributed by atoms with Crippen molar-refractivity contribution in [2.45, 2.75) is 13.3 Å². The van der Waals surface area contributed by atoms with Crippen LogP contribution in [0.3, 0.4) is 0 Å². The van der Waals surface area contributed by atoms with Gasteiger partial charge in [-0.15, -0.1) is 0 Å². The summed E-state index contributed by atoms with van der Waals surface area (Å²) in [5.74, 6) is 1.06. The number of rotatable bonds is 3. The van der Waals surface area contributed by atoms with Crippen LogP contribution in [-0.2, 0) is 0 Å². The molecule has 0 saturated carbocycles. The van der Waals surface area contributed by atoms with Gasteiger partial charge in [-0.3, -0.25) is 10.4 Å². The number of likely N-dealkylation sites (tertiary alicyclic amines) is 1. The summed E-state index contributed by atoms with van der Waals surface area (Å²) in [7, 11) is 6.09. The van der Waals surface area contributed by atoms with E-state index in [-0.39, 0.29) is 0 Å². The van der Waals surface area contributed by atoms with Gasteiger partial charge in [-0.1, -0.05) is 6.92 Å². The molecule has 4 nitrogen and oxygen atoms in total. The quantitative estimate of drug-likeness (QED) is 0.753. The number of likely N-dealkylation sites (N-methyl/N-ethyl adjacent to an activating group) is 1. The Bertz CT molecular complexity index is 241. The van der Waals surface area contributed by atoms with Crippen molar-refractivity contribution in [1.29, 1.82) is 5.41 Å². The molecule has 86 valence electrons. The first kappa shape index (κ1) is 12.2. The van der Waals surface area contributed by atoms with Gasteiger partial charge < -0.3 is 9.80 Å². The minimum Gasteiger partial charge on any atom is -0.358 e. The third-order valence-electron chi connectivity index (χ3n) is 2.72. The van der Waals surface area contributed by atoms with Crippen LogP contribution in [0, 0.1) is 11.3 Å². The van der Waals surface area contributed by atoms with Gasteiger partial charge in [0.1, 0.15) is 0 Å². The van der Waals surface area contributed by atoms with E-state index in [1.165, 1.54) is 5.71 Å². The van der Waals surface area contributed by atoms with Gasteiger partial charge in [-0.2, -0.15) is 0 Å². The van der Waals surface area contributed by atoms with E-state index in [1.54, 1.807) is 0 Å². The zero-order valence-corrected chi connectivity index (χ0v) is 10.2. The number of nitrogens with zero attached hydrogens (tertiary/aromatic N) is 3. The van der Waals surface area contributed by atoms with Crippen molar-refractivity contribution < 1.29 is 0 Å². The fraction of sp³-hybridized carbons (Fsp3) is 0.818. The van der Waals surface area contributed by atoms with Crippen LogP contribution < -0.4 is 0 Å². The van der Waals surface area contributed by atoms with E-state index in [0.29, 0.717) is 5.92 Å². The fourth-order valence-electron chi connectivity index (χ4n) is 1.77. The minimum atomic E-state index is 0.321. The van der Waals surface area contributed by atoms with E-state index in [1.807, 2.05) is 11.9 Å². The van der Waals surface area contributed by atoms with E-state index < -0.39 is 0 Å². The molecule has 0 aromatic carbocycles. The van der Waals surface area contributed by atoms with E-state index >= 15 is 0 Å². The maximum absolute atomic E-state index is 7.80. The summed E-state index contributed by atoms with van der Waals surface area (Å²) in [6, 6.07) is 0. The first-order chi connectivity index (χ1) is 7.00. The Balaban J connectivity index is 2.46. The average Bonchev–Trinajstić information content (AvgIpc) is 2.13. The molecule has 0 bridgehead atoms. The van der Waals surface area contributed by atoms with Gasteiger partial charge >= 0.3 is 0 Å². The zero-order chi connectivity index (χ0) is 11.4. The normalized spacial score (nSPS) is 25.4. The summed E-state index contributed by atoms with van der Waals surface area (Å²) in [5.41, 5.74) is 1.24. The first-order valence-electron chi connectivity index (χ1n) is 5.47. The highest BCUT2D eigenvalue weighted by Crippen LogP contribution is 2.14. The van der Waals surface area contributed by atoms with Gasteiger partial charge in [-0.25, -0.2) is 0 Å². The molecule has 0 aromatic heterocycles. The topological polar surface area (TPSA) is 42.7 Å². The second kappa shape index (κ2) is 5.26. The average molecular weight is 210 g/mol. The Morgan fingerprint density at radius 2 is 2.20 bits per heavy atom. The Hall–Kier alpha value is -0.900. The Morgan fingerprint density at radius 3 is 2.73 bits per heavy atom. The molecule has 1 heterocycles. The molecule has 0 aliphatic carbocycles. The van der Waals surface area contributed by atoms with Gasteiger partial charge in [-0.05, 0) is 20.5 Å². The van der Waals surface area contributed by atoms with Crippen LogP contribution in [0.4, 0.5) is 0 Å². The molecule has 1 aliphatic heterocycles. The van der Waals surface area contributed by atoms with E-state index in [4.69, 9.17) is 5.41 Å². The number of aliphatic imine (C=N–C) groups is 1. The number of amidine groups is 1. The van der Waals surface area contributed by atoms with Crippen molar-refractivity contribution in [3.63, 3.8) is 0 Å². The summed E-state index contributed by atoms with van der Waals surface area (Å²) >= 11 is 0. The zero-order valence-electron chi connectivity index (χ0n) is 10.2. The molecule has 0 radical (unpaired) electrons. The molecule has 0 amide bonds.